The summed E-state index contributed by atoms with van der Waals surface area (Å²) >= 11 is 0. The molecular formula is C45H40F2N6O4. The summed E-state index contributed by atoms with van der Waals surface area (Å²) in [6, 6.07) is 40.0. The van der Waals surface area contributed by atoms with Crippen molar-refractivity contribution in [1.82, 2.24) is 24.2 Å². The average molecular weight is 767 g/mol. The van der Waals surface area contributed by atoms with Gasteiger partial charge in [-0.25, -0.2) is 9.97 Å². The van der Waals surface area contributed by atoms with Crippen LogP contribution in [0, 0.1) is 0 Å². The smallest absolute Gasteiger partial charge is 0.387 e. The maximum Gasteiger partial charge on any atom is 0.387 e. The third-order valence-electron chi connectivity index (χ3n) is 10.5. The summed E-state index contributed by atoms with van der Waals surface area (Å²) in [4.78, 5) is 36.4. The number of alkyl halides is 2. The second-order valence-corrected chi connectivity index (χ2v) is 14.0. The van der Waals surface area contributed by atoms with Gasteiger partial charge in [0.1, 0.15) is 17.4 Å². The number of anilines is 1. The molecule has 0 radical (unpaired) electrons. The Hall–Kier alpha value is -6.66. The van der Waals surface area contributed by atoms with E-state index in [0.29, 0.717) is 40.9 Å². The molecule has 5 aromatic carbocycles. The van der Waals surface area contributed by atoms with Gasteiger partial charge >= 0.3 is 6.61 Å². The Morgan fingerprint density at radius 2 is 1.40 bits per heavy atom. The number of carbonyl (C=O) groups excluding carboxylic acids is 1. The molecule has 1 N–H and O–H groups in total. The van der Waals surface area contributed by atoms with E-state index in [2.05, 4.69) is 15.3 Å². The topological polar surface area (TPSA) is 104 Å². The van der Waals surface area contributed by atoms with Gasteiger partial charge in [0.05, 0.1) is 24.1 Å². The first-order valence-electron chi connectivity index (χ1n) is 18.6. The van der Waals surface area contributed by atoms with Crippen molar-refractivity contribution in [2.45, 2.75) is 37.8 Å². The number of ether oxygens (including phenoxy) is 2. The number of nitrogens with one attached hydrogen (secondary N) is 1. The van der Waals surface area contributed by atoms with Gasteiger partial charge in [-0.2, -0.15) is 8.78 Å². The monoisotopic (exact) mass is 766 g/mol. The molecule has 57 heavy (non-hydrogen) atoms. The van der Waals surface area contributed by atoms with Crippen LogP contribution < -0.4 is 15.6 Å². The molecule has 2 aromatic heterocycles. The van der Waals surface area contributed by atoms with Gasteiger partial charge in [0, 0.05) is 44.2 Å². The maximum atomic E-state index is 13.8. The van der Waals surface area contributed by atoms with Crippen LogP contribution in [0.25, 0.3) is 22.0 Å². The highest BCUT2D eigenvalue weighted by Gasteiger charge is 2.37. The number of hydrogen-bond acceptors (Lipinski definition) is 7. The fraction of sp³-hybridized carbons (Fsp3) is 0.200. The number of fused-ring (bicyclic) bond motifs is 1. The van der Waals surface area contributed by atoms with E-state index in [1.165, 1.54) is 10.7 Å². The molecule has 12 heteroatoms. The zero-order valence-electron chi connectivity index (χ0n) is 31.4. The number of halogens is 2. The van der Waals surface area contributed by atoms with Crippen LogP contribution >= 0.6 is 0 Å². The largest absolute Gasteiger partial charge is 0.434 e. The summed E-state index contributed by atoms with van der Waals surface area (Å²) in [5.74, 6) is 0.326. The molecule has 0 spiro atoms. The van der Waals surface area contributed by atoms with Crippen molar-refractivity contribution in [3.63, 3.8) is 0 Å². The first-order valence-corrected chi connectivity index (χ1v) is 18.6. The van der Waals surface area contributed by atoms with E-state index in [1.54, 1.807) is 54.3 Å². The maximum absolute atomic E-state index is 13.8. The standard InChI is InChI=1S/C45H40F2N6O4/c1-51-23-22-38(42(51)55)50-44-48-26-33(27-49-44)31-19-20-37-39(25-31)53(52(2)41(37)54)28-32-24-30(18-21-40(32)57-43(46)47)29-56-45(34-12-6-3-7-13-34,35-14-8-4-9-15-35)36-16-10-5-11-17-36/h3-21,24-27,38,43H,22-23,28-29H2,1-2H3,(H,48,49,50). The quantitative estimate of drug-likeness (QED) is 0.121. The van der Waals surface area contributed by atoms with E-state index >= 15 is 0 Å². The van der Waals surface area contributed by atoms with Gasteiger partial charge in [-0.3, -0.25) is 19.0 Å². The highest BCUT2D eigenvalue weighted by molar-refractivity contribution is 5.86. The number of likely N-dealkylation sites (N-methyl/N-ethyl adjacent to an activating group) is 1. The highest BCUT2D eigenvalue weighted by atomic mass is 19.3. The van der Waals surface area contributed by atoms with Crippen LogP contribution in [0.15, 0.2) is 145 Å². The summed E-state index contributed by atoms with van der Waals surface area (Å²) in [7, 11) is 3.41. The van der Waals surface area contributed by atoms with Gasteiger partial charge in [0.2, 0.25) is 11.9 Å². The first-order chi connectivity index (χ1) is 27.7. The molecule has 0 bridgehead atoms. The lowest BCUT2D eigenvalue weighted by molar-refractivity contribution is -0.127. The third-order valence-corrected chi connectivity index (χ3v) is 10.5. The molecule has 1 saturated heterocycles. The van der Waals surface area contributed by atoms with Crippen molar-refractivity contribution in [3.05, 3.63) is 178 Å². The van der Waals surface area contributed by atoms with E-state index in [-0.39, 0.29) is 36.4 Å². The molecule has 0 aliphatic carbocycles. The van der Waals surface area contributed by atoms with Crippen LogP contribution in [0.5, 0.6) is 5.75 Å². The number of amides is 1. The van der Waals surface area contributed by atoms with E-state index in [1.807, 2.05) is 103 Å². The predicted molar refractivity (Wildman–Crippen MR) is 214 cm³/mol. The summed E-state index contributed by atoms with van der Waals surface area (Å²) in [5.41, 5.74) is 4.73. The zero-order chi connectivity index (χ0) is 39.5. The Bertz CT molecular complexity index is 2470. The van der Waals surface area contributed by atoms with Crippen LogP contribution in [0.2, 0.25) is 0 Å². The van der Waals surface area contributed by atoms with Crippen molar-refractivity contribution in [3.8, 4) is 16.9 Å². The molecular weight excluding hydrogens is 727 g/mol. The third kappa shape index (κ3) is 7.39. The molecule has 3 heterocycles. The molecule has 1 aliphatic rings. The van der Waals surface area contributed by atoms with Crippen molar-refractivity contribution in [2.75, 3.05) is 18.9 Å². The van der Waals surface area contributed by atoms with Gasteiger partial charge in [-0.05, 0) is 58.5 Å². The average Bonchev–Trinajstić information content (AvgIpc) is 3.68. The Balaban J connectivity index is 1.13. The lowest BCUT2D eigenvalue weighted by atomic mass is 9.80. The second kappa shape index (κ2) is 15.8. The highest BCUT2D eigenvalue weighted by Crippen LogP contribution is 2.41. The van der Waals surface area contributed by atoms with Crippen molar-refractivity contribution in [2.24, 2.45) is 7.05 Å². The van der Waals surface area contributed by atoms with E-state index < -0.39 is 12.2 Å². The lowest BCUT2D eigenvalue weighted by Crippen LogP contribution is -2.32. The molecule has 10 nitrogen and oxygen atoms in total. The van der Waals surface area contributed by atoms with Crippen LogP contribution in [-0.4, -0.2) is 56.4 Å². The first kappa shape index (κ1) is 37.3. The number of rotatable bonds is 13. The van der Waals surface area contributed by atoms with Gasteiger partial charge in [-0.1, -0.05) is 103 Å². The fourth-order valence-electron chi connectivity index (χ4n) is 7.58. The molecule has 1 fully saturated rings. The normalized spacial score (nSPS) is 14.4. The Labute approximate surface area is 327 Å². The molecule has 1 atom stereocenters. The molecule has 7 aromatic rings. The SMILES string of the molecule is CN1CCC(Nc2ncc(-c3ccc4c(=O)n(C)n(Cc5cc(COC(c6ccccc6)(c6ccccc6)c6ccccc6)ccc5OC(F)F)c4c3)cn2)C1=O. The number of carbonyl (C=O) groups is 1. The van der Waals surface area contributed by atoms with Gasteiger partial charge < -0.3 is 19.7 Å². The van der Waals surface area contributed by atoms with Crippen molar-refractivity contribution < 1.29 is 23.0 Å². The number of benzene rings is 5. The van der Waals surface area contributed by atoms with Crippen molar-refractivity contribution >= 4 is 22.8 Å². The fourth-order valence-corrected chi connectivity index (χ4v) is 7.58. The zero-order valence-corrected chi connectivity index (χ0v) is 31.4. The summed E-state index contributed by atoms with van der Waals surface area (Å²) in [6.45, 7) is -2.24. The lowest BCUT2D eigenvalue weighted by Gasteiger charge is -2.36. The number of likely N-dealkylation sites (tertiary alicyclic amines) is 1. The van der Waals surface area contributed by atoms with Gasteiger partial charge in [0.15, 0.2) is 0 Å². The number of aromatic nitrogens is 4. The molecule has 8 rings (SSSR count). The van der Waals surface area contributed by atoms with Crippen LogP contribution in [0.1, 0.15) is 34.2 Å². The number of hydrogen-bond donors (Lipinski definition) is 1. The van der Waals surface area contributed by atoms with E-state index in [4.69, 9.17) is 9.47 Å². The van der Waals surface area contributed by atoms with Crippen LogP contribution in [-0.2, 0) is 35.3 Å². The minimum Gasteiger partial charge on any atom is -0.434 e. The minimum atomic E-state index is -3.06. The Kier molecular flexibility index (Phi) is 10.4. The summed E-state index contributed by atoms with van der Waals surface area (Å²) in [5, 5.41) is 3.56. The van der Waals surface area contributed by atoms with Crippen molar-refractivity contribution in [1.29, 1.82) is 0 Å². The molecule has 1 aliphatic heterocycles. The van der Waals surface area contributed by atoms with Gasteiger partial charge in [0.25, 0.3) is 5.56 Å². The molecule has 288 valence electrons. The molecule has 1 unspecified atom stereocenters. The predicted octanol–water partition coefficient (Wildman–Crippen LogP) is 7.60. The molecule has 1 amide bonds. The van der Waals surface area contributed by atoms with Crippen LogP contribution in [0.4, 0.5) is 14.7 Å². The summed E-state index contributed by atoms with van der Waals surface area (Å²) < 4.78 is 42.9. The van der Waals surface area contributed by atoms with E-state index in [0.717, 1.165) is 27.8 Å². The number of nitrogens with zero attached hydrogens (tertiary/aromatic N) is 5. The molecule has 0 saturated carbocycles. The summed E-state index contributed by atoms with van der Waals surface area (Å²) in [6.07, 6.45) is 3.98. The van der Waals surface area contributed by atoms with Gasteiger partial charge in [-0.15, -0.1) is 0 Å². The van der Waals surface area contributed by atoms with Crippen LogP contribution in [0.3, 0.4) is 0 Å². The second-order valence-electron chi connectivity index (χ2n) is 14.0. The minimum absolute atomic E-state index is 0.00462. The Morgan fingerprint density at radius 3 is 1.96 bits per heavy atom. The Morgan fingerprint density at radius 1 is 0.789 bits per heavy atom. The van der Waals surface area contributed by atoms with E-state index in [9.17, 15) is 18.4 Å².